The third-order valence-electron chi connectivity index (χ3n) is 6.51. The van der Waals surface area contributed by atoms with E-state index in [4.69, 9.17) is 4.98 Å². The van der Waals surface area contributed by atoms with Gasteiger partial charge in [-0.2, -0.15) is 0 Å². The average molecular weight is 658 g/mol. The van der Waals surface area contributed by atoms with E-state index in [0.717, 1.165) is 16.6 Å². The Balaban J connectivity index is 0.00000267. The summed E-state index contributed by atoms with van der Waals surface area (Å²) in [5.74, 6) is 0. The molecule has 1 nitrogen and oxygen atoms in total. The molecule has 5 aromatic carbocycles. The molecule has 0 fully saturated rings. The first kappa shape index (κ1) is 24.3. The molecule has 0 atom stereocenters. The van der Waals surface area contributed by atoms with E-state index in [9.17, 15) is 0 Å². The molecule has 0 aliphatic rings. The zero-order valence-corrected chi connectivity index (χ0v) is 22.9. The molecule has 0 saturated carbocycles. The van der Waals surface area contributed by atoms with Gasteiger partial charge in [0.2, 0.25) is 0 Å². The summed E-state index contributed by atoms with van der Waals surface area (Å²) in [6.45, 7) is 0. The summed E-state index contributed by atoms with van der Waals surface area (Å²) in [7, 11) is -2.15. The van der Waals surface area contributed by atoms with Crippen LogP contribution in [0.3, 0.4) is 0 Å². The van der Waals surface area contributed by atoms with Gasteiger partial charge in [-0.1, -0.05) is 97.1 Å². The van der Waals surface area contributed by atoms with Crippen molar-refractivity contribution in [2.45, 2.75) is 0 Å². The predicted octanol–water partition coefficient (Wildman–Crippen LogP) is 6.32. The van der Waals surface area contributed by atoms with Gasteiger partial charge in [-0.15, -0.1) is 17.7 Å². The van der Waals surface area contributed by atoms with Crippen molar-refractivity contribution in [1.82, 2.24) is 4.98 Å². The Hall–Kier alpha value is -3.41. The van der Waals surface area contributed by atoms with E-state index in [1.165, 1.54) is 26.6 Å². The summed E-state index contributed by atoms with van der Waals surface area (Å²) >= 11 is 0. The predicted molar refractivity (Wildman–Crippen MR) is 151 cm³/mol. The molecule has 6 rings (SSSR count). The molecule has 1 heterocycles. The Bertz CT molecular complexity index is 1490. The molecule has 0 spiro atoms. The van der Waals surface area contributed by atoms with E-state index < -0.39 is 7.26 Å². The molecule has 0 saturated heterocycles. The first-order valence-corrected chi connectivity index (χ1v) is 13.6. The van der Waals surface area contributed by atoms with Crippen molar-refractivity contribution in [3.63, 3.8) is 0 Å². The fraction of sp³-hybridized carbons (Fsp3) is 0. The summed E-state index contributed by atoms with van der Waals surface area (Å²) in [5.41, 5.74) is 1.96. The van der Waals surface area contributed by atoms with Crippen LogP contribution in [0.4, 0.5) is 0 Å². The van der Waals surface area contributed by atoms with Gasteiger partial charge >= 0.3 is 0 Å². The van der Waals surface area contributed by atoms with E-state index in [2.05, 4.69) is 146 Å². The van der Waals surface area contributed by atoms with Crippen LogP contribution in [-0.2, 0) is 20.1 Å². The van der Waals surface area contributed by atoms with Crippen molar-refractivity contribution in [2.75, 3.05) is 0 Å². The van der Waals surface area contributed by atoms with Gasteiger partial charge in [0, 0.05) is 31.6 Å². The molecular formula is C33H24IrNP. The number of rotatable bonds is 5. The zero-order chi connectivity index (χ0) is 23.5. The van der Waals surface area contributed by atoms with Crippen molar-refractivity contribution >= 4 is 39.3 Å². The molecule has 36 heavy (non-hydrogen) atoms. The number of benzene rings is 5. The van der Waals surface area contributed by atoms with E-state index in [-0.39, 0.29) is 20.1 Å². The van der Waals surface area contributed by atoms with Crippen LogP contribution in [0, 0.1) is 6.07 Å². The van der Waals surface area contributed by atoms with Gasteiger partial charge in [0.05, 0.1) is 0 Å². The van der Waals surface area contributed by atoms with Crippen molar-refractivity contribution in [2.24, 2.45) is 0 Å². The molecule has 0 N–H and O–H groups in total. The van der Waals surface area contributed by atoms with Gasteiger partial charge in [-0.05, 0) is 52.9 Å². The molecule has 0 amide bonds. The van der Waals surface area contributed by atoms with E-state index >= 15 is 0 Å². The minimum Gasteiger partial charge on any atom is -0.304 e. The second-order valence-electron chi connectivity index (χ2n) is 8.55. The van der Waals surface area contributed by atoms with E-state index in [0.29, 0.717) is 0 Å². The first-order valence-electron chi connectivity index (χ1n) is 11.8. The number of pyridine rings is 1. The van der Waals surface area contributed by atoms with Crippen LogP contribution in [-0.4, -0.2) is 4.98 Å². The second-order valence-corrected chi connectivity index (χ2v) is 12.0. The molecule has 0 aliphatic heterocycles. The summed E-state index contributed by atoms with van der Waals surface area (Å²) < 4.78 is 0. The number of nitrogens with zero attached hydrogens (tertiary/aromatic N) is 1. The van der Waals surface area contributed by atoms with Crippen LogP contribution < -0.4 is 21.2 Å². The van der Waals surface area contributed by atoms with Crippen molar-refractivity contribution < 1.29 is 20.1 Å². The third kappa shape index (κ3) is 4.34. The van der Waals surface area contributed by atoms with E-state index in [1.807, 2.05) is 6.20 Å². The SMILES string of the molecule is [Ir].[c-]1ccc([P+](c2ccccc2)(c2ccccc2)c2ccccc2)cc1-c1cc2ccccc2cn1. The normalized spacial score (nSPS) is 11.1. The Morgan fingerprint density at radius 1 is 0.500 bits per heavy atom. The number of fused-ring (bicyclic) bond motifs is 1. The molecule has 0 aliphatic carbocycles. The maximum Gasteiger partial charge on any atom is 0.125 e. The molecule has 0 unspecified atom stereocenters. The summed E-state index contributed by atoms with van der Waals surface area (Å²) in [4.78, 5) is 4.80. The quantitative estimate of drug-likeness (QED) is 0.156. The maximum absolute atomic E-state index is 4.80. The first-order chi connectivity index (χ1) is 17.4. The summed E-state index contributed by atoms with van der Waals surface area (Å²) in [6.07, 6.45) is 1.96. The summed E-state index contributed by atoms with van der Waals surface area (Å²) in [5, 5.41) is 7.63. The average Bonchev–Trinajstić information content (AvgIpc) is 2.95. The molecule has 6 aromatic rings. The monoisotopic (exact) mass is 658 g/mol. The number of hydrogen-bond donors (Lipinski definition) is 0. The van der Waals surface area contributed by atoms with Gasteiger partial charge in [0.25, 0.3) is 0 Å². The fourth-order valence-electron chi connectivity index (χ4n) is 4.89. The molecule has 3 heteroatoms. The second kappa shape index (κ2) is 10.7. The number of hydrogen-bond acceptors (Lipinski definition) is 1. The zero-order valence-electron chi connectivity index (χ0n) is 19.6. The van der Waals surface area contributed by atoms with Gasteiger partial charge in [0.1, 0.15) is 23.2 Å². The van der Waals surface area contributed by atoms with Gasteiger partial charge in [0.15, 0.2) is 0 Å². The van der Waals surface area contributed by atoms with Gasteiger partial charge in [-0.25, -0.2) is 0 Å². The van der Waals surface area contributed by atoms with Crippen LogP contribution in [0.25, 0.3) is 22.0 Å². The number of aromatic nitrogens is 1. The molecule has 1 radical (unpaired) electrons. The Morgan fingerprint density at radius 2 is 1.00 bits per heavy atom. The Morgan fingerprint density at radius 3 is 1.56 bits per heavy atom. The minimum atomic E-state index is -2.15. The van der Waals surface area contributed by atoms with E-state index in [1.54, 1.807) is 0 Å². The van der Waals surface area contributed by atoms with Crippen LogP contribution in [0.1, 0.15) is 0 Å². The molecule has 175 valence electrons. The van der Waals surface area contributed by atoms with Crippen LogP contribution in [0.15, 0.2) is 146 Å². The third-order valence-corrected chi connectivity index (χ3v) is 10.8. The van der Waals surface area contributed by atoms with Gasteiger partial charge in [-0.3, -0.25) is 0 Å². The van der Waals surface area contributed by atoms with Crippen molar-refractivity contribution in [1.29, 1.82) is 0 Å². The summed E-state index contributed by atoms with van der Waals surface area (Å²) in [6, 6.07) is 53.4. The maximum atomic E-state index is 4.80. The molecule has 1 aromatic heterocycles. The van der Waals surface area contributed by atoms with Crippen molar-refractivity contribution in [3.05, 3.63) is 152 Å². The molecular weight excluding hydrogens is 634 g/mol. The van der Waals surface area contributed by atoms with Gasteiger partial charge < -0.3 is 4.98 Å². The van der Waals surface area contributed by atoms with Crippen LogP contribution in [0.2, 0.25) is 0 Å². The van der Waals surface area contributed by atoms with Crippen molar-refractivity contribution in [3.8, 4) is 11.3 Å². The smallest absolute Gasteiger partial charge is 0.125 e. The minimum absolute atomic E-state index is 0. The standard InChI is InChI=1S/C33H24NP.Ir/c1-4-16-29(17-5-1)35(30-18-6-2-7-19-30,31-20-8-3-9-21-31)32-22-12-15-27(23-32)33-24-26-13-10-11-14-28(26)25-34-33;/h1-14,16-25H;. The largest absolute Gasteiger partial charge is 0.304 e. The topological polar surface area (TPSA) is 12.9 Å². The Labute approximate surface area is 226 Å². The fourth-order valence-corrected chi connectivity index (χ4v) is 9.16. The Kier molecular flexibility index (Phi) is 7.21. The van der Waals surface area contributed by atoms with Crippen LogP contribution in [0.5, 0.6) is 0 Å². The molecule has 0 bridgehead atoms. The van der Waals surface area contributed by atoms with Crippen LogP contribution >= 0.6 is 7.26 Å².